The average Bonchev–Trinajstić information content (AvgIpc) is 2.85. The van der Waals surface area contributed by atoms with Gasteiger partial charge in [0, 0.05) is 12.7 Å². The molecule has 4 nitrogen and oxygen atoms in total. The maximum Gasteiger partial charge on any atom is 0.160 e. The molecule has 0 radical (unpaired) electrons. The molecule has 1 aliphatic heterocycles. The fraction of sp³-hybridized carbons (Fsp3) is 0.400. The van der Waals surface area contributed by atoms with E-state index >= 15 is 0 Å². The zero-order chi connectivity index (χ0) is 9.38. The molecule has 0 saturated carbocycles. The van der Waals surface area contributed by atoms with Crippen LogP contribution in [0.4, 0.5) is 0 Å². The predicted octanol–water partition coefficient (Wildman–Crippen LogP) is 0.966. The van der Waals surface area contributed by atoms with Gasteiger partial charge in [0.15, 0.2) is 5.65 Å². The van der Waals surface area contributed by atoms with E-state index in [4.69, 9.17) is 0 Å². The molecule has 2 aromatic rings. The Kier molecular flexibility index (Phi) is 1.73. The van der Waals surface area contributed by atoms with E-state index in [0.29, 0.717) is 6.04 Å². The molecule has 72 valence electrons. The van der Waals surface area contributed by atoms with Crippen molar-refractivity contribution in [3.8, 4) is 0 Å². The number of hydrogen-bond acceptors (Lipinski definition) is 3. The van der Waals surface area contributed by atoms with E-state index in [1.165, 1.54) is 6.42 Å². The summed E-state index contributed by atoms with van der Waals surface area (Å²) < 4.78 is 2.18. The maximum absolute atomic E-state index is 4.36. The fourth-order valence-electron chi connectivity index (χ4n) is 2.01. The molecular weight excluding hydrogens is 176 g/mol. The topological polar surface area (TPSA) is 42.7 Å². The molecule has 1 N–H and O–H groups in total. The summed E-state index contributed by atoms with van der Waals surface area (Å²) >= 11 is 0. The average molecular weight is 188 g/mol. The first-order valence-corrected chi connectivity index (χ1v) is 4.93. The third-order valence-corrected chi connectivity index (χ3v) is 2.76. The molecule has 3 heterocycles. The van der Waals surface area contributed by atoms with Gasteiger partial charge in [0.2, 0.25) is 0 Å². The minimum Gasteiger partial charge on any atom is -0.315 e. The summed E-state index contributed by atoms with van der Waals surface area (Å²) in [5, 5.41) is 3.35. The number of nitrogens with one attached hydrogen (secondary N) is 1. The number of fused-ring (bicyclic) bond motifs is 1. The second-order valence-electron chi connectivity index (χ2n) is 3.64. The third kappa shape index (κ3) is 1.11. The fourth-order valence-corrected chi connectivity index (χ4v) is 2.01. The standard InChI is InChI=1S/C10H12N4/c1-2-9-10(12-4-1)14(7-13-9)8-3-5-11-6-8/h1-2,4,7-8,11H,3,5-6H2/t8-/m1/s1. The van der Waals surface area contributed by atoms with Crippen molar-refractivity contribution in [2.24, 2.45) is 0 Å². The van der Waals surface area contributed by atoms with Crippen LogP contribution in [-0.2, 0) is 0 Å². The highest BCUT2D eigenvalue weighted by atomic mass is 15.2. The van der Waals surface area contributed by atoms with Gasteiger partial charge >= 0.3 is 0 Å². The Labute approximate surface area is 82.0 Å². The molecular formula is C10H12N4. The highest BCUT2D eigenvalue weighted by Crippen LogP contribution is 2.19. The molecule has 1 atom stereocenters. The number of aromatic nitrogens is 3. The molecule has 4 heteroatoms. The first-order valence-electron chi connectivity index (χ1n) is 4.93. The van der Waals surface area contributed by atoms with Gasteiger partial charge in [-0.15, -0.1) is 0 Å². The van der Waals surface area contributed by atoms with E-state index in [1.807, 2.05) is 24.7 Å². The zero-order valence-corrected chi connectivity index (χ0v) is 7.85. The van der Waals surface area contributed by atoms with Crippen molar-refractivity contribution in [1.82, 2.24) is 19.9 Å². The Morgan fingerprint density at radius 2 is 2.43 bits per heavy atom. The normalized spacial score (nSPS) is 21.9. The van der Waals surface area contributed by atoms with Gasteiger partial charge in [0.05, 0.1) is 12.4 Å². The monoisotopic (exact) mass is 188 g/mol. The number of rotatable bonds is 1. The van der Waals surface area contributed by atoms with Crippen LogP contribution in [-0.4, -0.2) is 27.6 Å². The molecule has 3 rings (SSSR count). The summed E-state index contributed by atoms with van der Waals surface area (Å²) in [6, 6.07) is 4.45. The predicted molar refractivity (Wildman–Crippen MR) is 54.1 cm³/mol. The van der Waals surface area contributed by atoms with Gasteiger partial charge in [0.1, 0.15) is 5.52 Å². The lowest BCUT2D eigenvalue weighted by Gasteiger charge is -2.09. The van der Waals surface area contributed by atoms with E-state index < -0.39 is 0 Å². The Balaban J connectivity index is 2.11. The lowest BCUT2D eigenvalue weighted by Crippen LogP contribution is -2.12. The van der Waals surface area contributed by atoms with E-state index in [0.717, 1.165) is 24.3 Å². The number of nitrogens with zero attached hydrogens (tertiary/aromatic N) is 3. The molecule has 0 bridgehead atoms. The van der Waals surface area contributed by atoms with E-state index in [9.17, 15) is 0 Å². The van der Waals surface area contributed by atoms with Crippen molar-refractivity contribution in [3.05, 3.63) is 24.7 Å². The zero-order valence-electron chi connectivity index (χ0n) is 7.85. The SMILES string of the molecule is c1cnc2c(c1)ncn2[C@@H]1CCNC1. The van der Waals surface area contributed by atoms with Crippen LogP contribution in [0.3, 0.4) is 0 Å². The van der Waals surface area contributed by atoms with Gasteiger partial charge in [-0.3, -0.25) is 0 Å². The summed E-state index contributed by atoms with van der Waals surface area (Å²) in [4.78, 5) is 8.69. The minimum absolute atomic E-state index is 0.523. The molecule has 1 aliphatic rings. The van der Waals surface area contributed by atoms with Crippen LogP contribution < -0.4 is 5.32 Å². The van der Waals surface area contributed by atoms with Crippen LogP contribution >= 0.6 is 0 Å². The third-order valence-electron chi connectivity index (χ3n) is 2.76. The maximum atomic E-state index is 4.36. The summed E-state index contributed by atoms with van der Waals surface area (Å²) in [6.07, 6.45) is 4.89. The second kappa shape index (κ2) is 3.06. The minimum atomic E-state index is 0.523. The Morgan fingerprint density at radius 1 is 1.43 bits per heavy atom. The Bertz CT molecular complexity index is 442. The summed E-state index contributed by atoms with van der Waals surface area (Å²) in [5.74, 6) is 0. The van der Waals surface area contributed by atoms with E-state index in [2.05, 4.69) is 19.9 Å². The summed E-state index contributed by atoms with van der Waals surface area (Å²) in [5.41, 5.74) is 1.99. The van der Waals surface area contributed by atoms with Crippen molar-refractivity contribution >= 4 is 11.2 Å². The van der Waals surface area contributed by atoms with Crippen molar-refractivity contribution in [1.29, 1.82) is 0 Å². The van der Waals surface area contributed by atoms with Crippen LogP contribution in [0.25, 0.3) is 11.2 Å². The molecule has 0 aliphatic carbocycles. The number of pyridine rings is 1. The van der Waals surface area contributed by atoms with Gasteiger partial charge in [0.25, 0.3) is 0 Å². The molecule has 0 aromatic carbocycles. The quantitative estimate of drug-likeness (QED) is 0.725. The molecule has 0 amide bonds. The largest absolute Gasteiger partial charge is 0.315 e. The van der Waals surface area contributed by atoms with Crippen molar-refractivity contribution in [2.75, 3.05) is 13.1 Å². The lowest BCUT2D eigenvalue weighted by atomic mass is 10.2. The number of imidazole rings is 1. The summed E-state index contributed by atoms with van der Waals surface area (Å²) in [6.45, 7) is 2.12. The Morgan fingerprint density at radius 3 is 3.29 bits per heavy atom. The molecule has 14 heavy (non-hydrogen) atoms. The van der Waals surface area contributed by atoms with E-state index in [-0.39, 0.29) is 0 Å². The van der Waals surface area contributed by atoms with Crippen molar-refractivity contribution in [2.45, 2.75) is 12.5 Å². The lowest BCUT2D eigenvalue weighted by molar-refractivity contribution is 0.558. The van der Waals surface area contributed by atoms with Gasteiger partial charge in [-0.05, 0) is 25.1 Å². The molecule has 2 aromatic heterocycles. The molecule has 1 saturated heterocycles. The summed E-state index contributed by atoms with van der Waals surface area (Å²) in [7, 11) is 0. The van der Waals surface area contributed by atoms with Crippen LogP contribution in [0.15, 0.2) is 24.7 Å². The van der Waals surface area contributed by atoms with Gasteiger partial charge in [-0.1, -0.05) is 0 Å². The van der Waals surface area contributed by atoms with E-state index in [1.54, 1.807) is 0 Å². The highest BCUT2D eigenvalue weighted by Gasteiger charge is 2.18. The molecule has 1 fully saturated rings. The van der Waals surface area contributed by atoms with Crippen LogP contribution in [0.2, 0.25) is 0 Å². The van der Waals surface area contributed by atoms with Gasteiger partial charge in [-0.2, -0.15) is 0 Å². The highest BCUT2D eigenvalue weighted by molar-refractivity contribution is 5.70. The molecule has 0 spiro atoms. The van der Waals surface area contributed by atoms with Crippen LogP contribution in [0.5, 0.6) is 0 Å². The number of hydrogen-bond donors (Lipinski definition) is 1. The van der Waals surface area contributed by atoms with Crippen LogP contribution in [0.1, 0.15) is 12.5 Å². The van der Waals surface area contributed by atoms with Crippen molar-refractivity contribution < 1.29 is 0 Å². The van der Waals surface area contributed by atoms with Crippen LogP contribution in [0, 0.1) is 0 Å². The Hall–Kier alpha value is -1.42. The first-order chi connectivity index (χ1) is 6.95. The smallest absolute Gasteiger partial charge is 0.160 e. The second-order valence-corrected chi connectivity index (χ2v) is 3.64. The molecule has 0 unspecified atom stereocenters. The van der Waals surface area contributed by atoms with Gasteiger partial charge in [-0.25, -0.2) is 9.97 Å². The van der Waals surface area contributed by atoms with Gasteiger partial charge < -0.3 is 9.88 Å². The van der Waals surface area contributed by atoms with Crippen molar-refractivity contribution in [3.63, 3.8) is 0 Å². The first kappa shape index (κ1) is 7.94.